The Morgan fingerprint density at radius 2 is 2.35 bits per heavy atom. The molecule has 1 atom stereocenters. The molecule has 1 aromatic heterocycles. The van der Waals surface area contributed by atoms with Gasteiger partial charge in [0.2, 0.25) is 5.91 Å². The molecule has 2 N–H and O–H groups in total. The molecule has 1 unspecified atom stereocenters. The van der Waals surface area contributed by atoms with Gasteiger partial charge in [0.1, 0.15) is 0 Å². The smallest absolute Gasteiger partial charge is 0.229 e. The van der Waals surface area contributed by atoms with Gasteiger partial charge < -0.3 is 15.2 Å². The van der Waals surface area contributed by atoms with Gasteiger partial charge in [0.25, 0.3) is 0 Å². The molecule has 0 aliphatic carbocycles. The number of hydrogen-bond acceptors (Lipinski definition) is 4. The van der Waals surface area contributed by atoms with Gasteiger partial charge in [-0.2, -0.15) is 0 Å². The number of amides is 1. The van der Waals surface area contributed by atoms with Gasteiger partial charge in [-0.1, -0.05) is 29.4 Å². The second-order valence-corrected chi connectivity index (χ2v) is 5.03. The van der Waals surface area contributed by atoms with Crippen LogP contribution in [0.4, 0.5) is 0 Å². The number of benzene rings is 1. The summed E-state index contributed by atoms with van der Waals surface area (Å²) in [4.78, 5) is 12.3. The highest BCUT2D eigenvalue weighted by molar-refractivity contribution is 5.84. The van der Waals surface area contributed by atoms with Gasteiger partial charge in [0, 0.05) is 19.2 Å². The zero-order chi connectivity index (χ0) is 13.9. The molecule has 0 bridgehead atoms. The van der Waals surface area contributed by atoms with Crippen molar-refractivity contribution in [2.75, 3.05) is 6.54 Å². The number of fused-ring (bicyclic) bond motifs is 1. The topological polar surface area (TPSA) is 67.2 Å². The summed E-state index contributed by atoms with van der Waals surface area (Å²) in [6, 6.07) is 9.89. The minimum absolute atomic E-state index is 0.0127. The summed E-state index contributed by atoms with van der Waals surface area (Å²) >= 11 is 0. The molecule has 0 radical (unpaired) electrons. The number of rotatable bonds is 3. The highest BCUT2D eigenvalue weighted by Crippen LogP contribution is 2.23. The second-order valence-electron chi connectivity index (χ2n) is 5.03. The van der Waals surface area contributed by atoms with Crippen molar-refractivity contribution in [3.63, 3.8) is 0 Å². The first-order chi connectivity index (χ1) is 9.74. The Bertz CT molecular complexity index is 621. The lowest BCUT2D eigenvalue weighted by molar-refractivity contribution is -0.122. The van der Waals surface area contributed by atoms with E-state index in [4.69, 9.17) is 4.52 Å². The third-order valence-corrected chi connectivity index (χ3v) is 3.52. The molecule has 2 heterocycles. The van der Waals surface area contributed by atoms with Crippen molar-refractivity contribution < 1.29 is 9.32 Å². The Labute approximate surface area is 117 Å². The molecule has 1 amide bonds. The lowest BCUT2D eigenvalue weighted by Gasteiger charge is -2.25. The average molecular weight is 271 g/mol. The molecule has 0 fully saturated rings. The van der Waals surface area contributed by atoms with Gasteiger partial charge >= 0.3 is 0 Å². The quantitative estimate of drug-likeness (QED) is 0.887. The molecule has 3 rings (SSSR count). The Hall–Kier alpha value is -2.14. The molecule has 2 aromatic rings. The van der Waals surface area contributed by atoms with Crippen LogP contribution >= 0.6 is 0 Å². The maximum Gasteiger partial charge on any atom is 0.229 e. The first-order valence-corrected chi connectivity index (χ1v) is 6.72. The highest BCUT2D eigenvalue weighted by Gasteiger charge is 2.25. The Morgan fingerprint density at radius 3 is 3.15 bits per heavy atom. The lowest BCUT2D eigenvalue weighted by Crippen LogP contribution is -2.38. The number of carbonyl (C=O) groups excluding carboxylic acids is 1. The van der Waals surface area contributed by atoms with Crippen molar-refractivity contribution in [3.05, 3.63) is 52.9 Å². The summed E-state index contributed by atoms with van der Waals surface area (Å²) in [7, 11) is 0. The van der Waals surface area contributed by atoms with E-state index < -0.39 is 0 Å². The predicted octanol–water partition coefficient (Wildman–Crippen LogP) is 1.49. The molecule has 5 nitrogen and oxygen atoms in total. The fourth-order valence-corrected chi connectivity index (χ4v) is 2.53. The predicted molar refractivity (Wildman–Crippen MR) is 74.0 cm³/mol. The van der Waals surface area contributed by atoms with Crippen LogP contribution in [0.1, 0.15) is 28.5 Å². The number of nitrogens with one attached hydrogen (secondary N) is 2. The number of aromatic nitrogens is 1. The van der Waals surface area contributed by atoms with E-state index in [9.17, 15) is 4.79 Å². The van der Waals surface area contributed by atoms with Crippen LogP contribution in [0.3, 0.4) is 0 Å². The van der Waals surface area contributed by atoms with E-state index in [-0.39, 0.29) is 11.8 Å². The normalized spacial score (nSPS) is 17.6. The fraction of sp³-hybridized carbons (Fsp3) is 0.333. The number of nitrogens with zero attached hydrogens (tertiary/aromatic N) is 1. The Kier molecular flexibility index (Phi) is 3.52. The summed E-state index contributed by atoms with van der Waals surface area (Å²) in [5, 5.41) is 9.99. The van der Waals surface area contributed by atoms with Crippen LogP contribution in [0.15, 0.2) is 34.9 Å². The van der Waals surface area contributed by atoms with E-state index in [1.54, 1.807) is 0 Å². The van der Waals surface area contributed by atoms with Crippen molar-refractivity contribution in [3.8, 4) is 0 Å². The SMILES string of the molecule is Cc1cc(CNC(=O)C2CNCc3ccccc32)on1. The van der Waals surface area contributed by atoms with Gasteiger partial charge in [-0.15, -0.1) is 0 Å². The standard InChI is InChI=1S/C15H17N3O2/c1-10-6-12(20-18-10)8-17-15(19)14-9-16-7-11-4-2-3-5-13(11)14/h2-6,14,16H,7-9H2,1H3,(H,17,19). The van der Waals surface area contributed by atoms with Crippen molar-refractivity contribution in [1.29, 1.82) is 0 Å². The van der Waals surface area contributed by atoms with Gasteiger partial charge in [-0.25, -0.2) is 0 Å². The van der Waals surface area contributed by atoms with Crippen LogP contribution < -0.4 is 10.6 Å². The average Bonchev–Trinajstić information content (AvgIpc) is 2.90. The molecule has 5 heteroatoms. The van der Waals surface area contributed by atoms with Gasteiger partial charge in [0.05, 0.1) is 18.2 Å². The molecule has 0 spiro atoms. The summed E-state index contributed by atoms with van der Waals surface area (Å²) in [5.74, 6) is 0.538. The molecule has 0 saturated heterocycles. The summed E-state index contributed by atoms with van der Waals surface area (Å²) in [6.45, 7) is 3.72. The van der Waals surface area contributed by atoms with Crippen LogP contribution in [-0.4, -0.2) is 17.6 Å². The zero-order valence-corrected chi connectivity index (χ0v) is 11.3. The summed E-state index contributed by atoms with van der Waals surface area (Å²) in [5.41, 5.74) is 3.12. The van der Waals surface area contributed by atoms with E-state index >= 15 is 0 Å². The summed E-state index contributed by atoms with van der Waals surface area (Å²) < 4.78 is 5.09. The Morgan fingerprint density at radius 1 is 1.50 bits per heavy atom. The first-order valence-electron chi connectivity index (χ1n) is 6.72. The minimum Gasteiger partial charge on any atom is -0.359 e. The van der Waals surface area contributed by atoms with Crippen LogP contribution in [0, 0.1) is 6.92 Å². The molecule has 1 aromatic carbocycles. The Balaban J connectivity index is 1.69. The van der Waals surface area contributed by atoms with Gasteiger partial charge in [0.15, 0.2) is 5.76 Å². The van der Waals surface area contributed by atoms with Gasteiger partial charge in [-0.3, -0.25) is 4.79 Å². The third-order valence-electron chi connectivity index (χ3n) is 3.52. The highest BCUT2D eigenvalue weighted by atomic mass is 16.5. The summed E-state index contributed by atoms with van der Waals surface area (Å²) in [6.07, 6.45) is 0. The van der Waals surface area contributed by atoms with Crippen molar-refractivity contribution in [1.82, 2.24) is 15.8 Å². The van der Waals surface area contributed by atoms with Crippen LogP contribution in [-0.2, 0) is 17.9 Å². The van der Waals surface area contributed by atoms with Crippen molar-refractivity contribution in [2.45, 2.75) is 25.9 Å². The maximum atomic E-state index is 12.3. The third kappa shape index (κ3) is 2.58. The zero-order valence-electron chi connectivity index (χ0n) is 11.3. The minimum atomic E-state index is -0.149. The van der Waals surface area contributed by atoms with Crippen LogP contribution in [0.2, 0.25) is 0 Å². The molecule has 1 aliphatic heterocycles. The van der Waals surface area contributed by atoms with Gasteiger partial charge in [-0.05, 0) is 18.1 Å². The van der Waals surface area contributed by atoms with E-state index in [2.05, 4.69) is 21.9 Å². The first kappa shape index (κ1) is 12.9. The maximum absolute atomic E-state index is 12.3. The second kappa shape index (κ2) is 5.46. The lowest BCUT2D eigenvalue weighted by atomic mass is 9.90. The molecule has 104 valence electrons. The number of aryl methyl sites for hydroxylation is 1. The monoisotopic (exact) mass is 271 g/mol. The molecule has 1 aliphatic rings. The molecular formula is C15H17N3O2. The number of hydrogen-bond donors (Lipinski definition) is 2. The molecule has 0 saturated carbocycles. The van der Waals surface area contributed by atoms with Crippen LogP contribution in [0.5, 0.6) is 0 Å². The largest absolute Gasteiger partial charge is 0.359 e. The molecule has 20 heavy (non-hydrogen) atoms. The van der Waals surface area contributed by atoms with E-state index in [1.807, 2.05) is 31.2 Å². The molecular weight excluding hydrogens is 254 g/mol. The van der Waals surface area contributed by atoms with Crippen LogP contribution in [0.25, 0.3) is 0 Å². The van der Waals surface area contributed by atoms with E-state index in [1.165, 1.54) is 5.56 Å². The van der Waals surface area contributed by atoms with Crippen molar-refractivity contribution >= 4 is 5.91 Å². The van der Waals surface area contributed by atoms with E-state index in [0.29, 0.717) is 18.8 Å². The van der Waals surface area contributed by atoms with Crippen molar-refractivity contribution in [2.24, 2.45) is 0 Å². The fourth-order valence-electron chi connectivity index (χ4n) is 2.53. The number of carbonyl (C=O) groups is 1. The van der Waals surface area contributed by atoms with E-state index in [0.717, 1.165) is 17.8 Å².